The summed E-state index contributed by atoms with van der Waals surface area (Å²) in [4.78, 5) is 77.8. The molecule has 3 atom stereocenters. The summed E-state index contributed by atoms with van der Waals surface area (Å²) in [6, 6.07) is 6.11. The van der Waals surface area contributed by atoms with E-state index in [0.717, 1.165) is 10.5 Å². The lowest BCUT2D eigenvalue weighted by molar-refractivity contribution is -0.144. The molecule has 38 heavy (non-hydrogen) atoms. The lowest BCUT2D eigenvalue weighted by atomic mass is 10.0. The second kappa shape index (κ2) is 13.0. The predicted molar refractivity (Wildman–Crippen MR) is 135 cm³/mol. The molecule has 0 unspecified atom stereocenters. The van der Waals surface area contributed by atoms with Crippen molar-refractivity contribution < 1.29 is 33.5 Å². The first kappa shape index (κ1) is 28.6. The fourth-order valence-electron chi connectivity index (χ4n) is 4.70. The average Bonchev–Trinajstić information content (AvgIpc) is 3.52. The maximum Gasteiger partial charge on any atom is 0.417 e. The molecule has 1 aromatic rings. The molecule has 0 saturated carbocycles. The van der Waals surface area contributed by atoms with Crippen LogP contribution in [0.2, 0.25) is 0 Å². The van der Waals surface area contributed by atoms with Crippen molar-refractivity contribution in [2.75, 3.05) is 13.1 Å². The molecule has 4 N–H and O–H groups in total. The van der Waals surface area contributed by atoms with Crippen LogP contribution in [-0.4, -0.2) is 76.6 Å². The molecule has 0 aliphatic carbocycles. The van der Waals surface area contributed by atoms with Crippen LogP contribution >= 0.6 is 0 Å². The van der Waals surface area contributed by atoms with E-state index in [1.54, 1.807) is 24.3 Å². The second-order valence-electron chi connectivity index (χ2n) is 9.92. The highest BCUT2D eigenvalue weighted by molar-refractivity contribution is 6.02. The van der Waals surface area contributed by atoms with Crippen LogP contribution in [0.4, 0.5) is 4.79 Å². The molecule has 1 aromatic carbocycles. The first-order chi connectivity index (χ1) is 18.1. The van der Waals surface area contributed by atoms with Gasteiger partial charge in [-0.3, -0.25) is 24.0 Å². The van der Waals surface area contributed by atoms with Crippen LogP contribution < -0.4 is 16.4 Å². The van der Waals surface area contributed by atoms with E-state index in [4.69, 9.17) is 10.5 Å². The molecule has 12 heteroatoms. The molecular weight excluding hydrogens is 494 g/mol. The molecule has 2 aliphatic heterocycles. The third kappa shape index (κ3) is 7.30. The van der Waals surface area contributed by atoms with Crippen molar-refractivity contribution in [1.82, 2.24) is 20.4 Å². The molecule has 0 aromatic heterocycles. The summed E-state index contributed by atoms with van der Waals surface area (Å²) in [6.07, 6.45) is 0.472. The second-order valence-corrected chi connectivity index (χ2v) is 9.92. The summed E-state index contributed by atoms with van der Waals surface area (Å²) in [5.41, 5.74) is 5.84. The molecule has 3 rings (SSSR count). The number of hydrogen-bond donors (Lipinski definition) is 3. The number of primary amides is 1. The van der Waals surface area contributed by atoms with Crippen LogP contribution in [0.5, 0.6) is 0 Å². The first-order valence-corrected chi connectivity index (χ1v) is 12.8. The zero-order valence-electron chi connectivity index (χ0n) is 21.7. The van der Waals surface area contributed by atoms with E-state index in [0.29, 0.717) is 19.3 Å². The highest BCUT2D eigenvalue weighted by Gasteiger charge is 2.46. The topological polar surface area (TPSA) is 168 Å². The standard InChI is InChI=1S/C26H35N5O7/c1-16(2)13-18(23(34)28-14-21(27)32)29-24(35)19-9-6-12-30(19)25(36)20-10-11-22(33)31(20)26(37)38-15-17-7-4-3-5-8-17/h3-5,7-8,16,18-20H,6,9-15H2,1-2H3,(H2,27,32)(H,28,34)(H,29,35)/t18-,19+,20-/m1/s1. The van der Waals surface area contributed by atoms with Gasteiger partial charge >= 0.3 is 6.09 Å². The van der Waals surface area contributed by atoms with E-state index in [2.05, 4.69) is 10.6 Å². The van der Waals surface area contributed by atoms with E-state index in [1.165, 1.54) is 4.90 Å². The van der Waals surface area contributed by atoms with Gasteiger partial charge in [0.15, 0.2) is 0 Å². The Morgan fingerprint density at radius 1 is 1.08 bits per heavy atom. The number of nitrogens with zero attached hydrogens (tertiary/aromatic N) is 2. The van der Waals surface area contributed by atoms with E-state index < -0.39 is 53.8 Å². The Labute approximate surface area is 221 Å². The predicted octanol–water partition coefficient (Wildman–Crippen LogP) is 0.438. The Bertz CT molecular complexity index is 1060. The van der Waals surface area contributed by atoms with Crippen LogP contribution in [0.25, 0.3) is 0 Å². The minimum Gasteiger partial charge on any atom is -0.444 e. The number of likely N-dealkylation sites (tertiary alicyclic amines) is 2. The Kier molecular flexibility index (Phi) is 9.80. The quantitative estimate of drug-likeness (QED) is 0.395. The van der Waals surface area contributed by atoms with Gasteiger partial charge in [0.2, 0.25) is 29.5 Å². The van der Waals surface area contributed by atoms with Gasteiger partial charge in [0.1, 0.15) is 24.7 Å². The fraction of sp³-hybridized carbons (Fsp3) is 0.538. The number of ether oxygens (including phenoxy) is 1. The number of hydrogen-bond acceptors (Lipinski definition) is 7. The van der Waals surface area contributed by atoms with Crippen LogP contribution in [0.3, 0.4) is 0 Å². The highest BCUT2D eigenvalue weighted by Crippen LogP contribution is 2.27. The fourth-order valence-corrected chi connectivity index (χ4v) is 4.70. The molecule has 0 radical (unpaired) electrons. The molecule has 2 heterocycles. The van der Waals surface area contributed by atoms with Gasteiger partial charge in [0, 0.05) is 13.0 Å². The number of carbonyl (C=O) groups excluding carboxylic acids is 6. The van der Waals surface area contributed by atoms with Crippen LogP contribution in [0.15, 0.2) is 30.3 Å². The Hall–Kier alpha value is -3.96. The van der Waals surface area contributed by atoms with Crippen LogP contribution in [0, 0.1) is 5.92 Å². The van der Waals surface area contributed by atoms with Crippen molar-refractivity contribution >= 4 is 35.6 Å². The van der Waals surface area contributed by atoms with E-state index in [-0.39, 0.29) is 38.5 Å². The Morgan fingerprint density at radius 2 is 1.79 bits per heavy atom. The molecule has 0 spiro atoms. The average molecular weight is 530 g/mol. The Morgan fingerprint density at radius 3 is 2.45 bits per heavy atom. The molecule has 2 aliphatic rings. The molecule has 0 bridgehead atoms. The van der Waals surface area contributed by atoms with Crippen LogP contribution in [0.1, 0.15) is 51.5 Å². The number of carbonyl (C=O) groups is 6. The minimum atomic E-state index is -1.07. The molecular formula is C26H35N5O7. The summed E-state index contributed by atoms with van der Waals surface area (Å²) in [6.45, 7) is 3.64. The molecule has 6 amide bonds. The summed E-state index contributed by atoms with van der Waals surface area (Å²) in [7, 11) is 0. The lowest BCUT2D eigenvalue weighted by Crippen LogP contribution is -2.56. The zero-order chi connectivity index (χ0) is 27.8. The molecule has 206 valence electrons. The zero-order valence-corrected chi connectivity index (χ0v) is 21.7. The normalized spacial score (nSPS) is 19.8. The van der Waals surface area contributed by atoms with Gasteiger partial charge < -0.3 is 26.0 Å². The highest BCUT2D eigenvalue weighted by atomic mass is 16.6. The summed E-state index contributed by atoms with van der Waals surface area (Å²) in [5, 5.41) is 5.11. The van der Waals surface area contributed by atoms with Crippen molar-refractivity contribution in [3.8, 4) is 0 Å². The summed E-state index contributed by atoms with van der Waals surface area (Å²) >= 11 is 0. The first-order valence-electron chi connectivity index (χ1n) is 12.8. The van der Waals surface area contributed by atoms with Gasteiger partial charge in [0.05, 0.1) is 6.54 Å². The molecule has 2 fully saturated rings. The van der Waals surface area contributed by atoms with Crippen molar-refractivity contribution in [2.45, 2.75) is 70.7 Å². The number of rotatable bonds is 10. The number of nitrogens with two attached hydrogens (primary N) is 1. The van der Waals surface area contributed by atoms with Gasteiger partial charge in [0.25, 0.3) is 0 Å². The third-order valence-corrected chi connectivity index (χ3v) is 6.51. The van der Waals surface area contributed by atoms with Crippen LogP contribution in [-0.2, 0) is 35.3 Å². The van der Waals surface area contributed by atoms with Gasteiger partial charge in [-0.15, -0.1) is 0 Å². The number of benzene rings is 1. The van der Waals surface area contributed by atoms with Crippen molar-refractivity contribution in [3.05, 3.63) is 35.9 Å². The van der Waals surface area contributed by atoms with Crippen molar-refractivity contribution in [3.63, 3.8) is 0 Å². The van der Waals surface area contributed by atoms with Gasteiger partial charge in [-0.2, -0.15) is 0 Å². The summed E-state index contributed by atoms with van der Waals surface area (Å²) < 4.78 is 5.29. The van der Waals surface area contributed by atoms with Crippen molar-refractivity contribution in [1.29, 1.82) is 0 Å². The van der Waals surface area contributed by atoms with Crippen molar-refractivity contribution in [2.24, 2.45) is 11.7 Å². The smallest absolute Gasteiger partial charge is 0.417 e. The Balaban J connectivity index is 1.67. The van der Waals surface area contributed by atoms with E-state index in [9.17, 15) is 28.8 Å². The molecule has 2 saturated heterocycles. The minimum absolute atomic E-state index is 0.0119. The van der Waals surface area contributed by atoms with Gasteiger partial charge in [-0.05, 0) is 37.2 Å². The largest absolute Gasteiger partial charge is 0.444 e. The lowest BCUT2D eigenvalue weighted by Gasteiger charge is -2.30. The number of amides is 6. The maximum absolute atomic E-state index is 13.5. The monoisotopic (exact) mass is 529 g/mol. The number of imide groups is 1. The molecule has 12 nitrogen and oxygen atoms in total. The number of nitrogens with one attached hydrogen (secondary N) is 2. The third-order valence-electron chi connectivity index (χ3n) is 6.51. The van der Waals surface area contributed by atoms with Gasteiger partial charge in [-0.1, -0.05) is 44.2 Å². The van der Waals surface area contributed by atoms with E-state index >= 15 is 0 Å². The summed E-state index contributed by atoms with van der Waals surface area (Å²) in [5.74, 6) is -2.73. The SMILES string of the molecule is CC(C)C[C@@H](NC(=O)[C@@H]1CCCN1C(=O)[C@H]1CCC(=O)N1C(=O)OCc1ccccc1)C(=O)NCC(N)=O. The van der Waals surface area contributed by atoms with E-state index in [1.807, 2.05) is 19.9 Å². The maximum atomic E-state index is 13.5. The van der Waals surface area contributed by atoms with Gasteiger partial charge in [-0.25, -0.2) is 9.69 Å².